The fraction of sp³-hybridized carbons (Fsp3) is 0.632. The maximum absolute atomic E-state index is 13.3. The predicted octanol–water partition coefficient (Wildman–Crippen LogP) is 3.04. The summed E-state index contributed by atoms with van der Waals surface area (Å²) in [7, 11) is 0. The summed E-state index contributed by atoms with van der Waals surface area (Å²) in [4.78, 5) is 33.4. The molecule has 0 aromatic carbocycles. The van der Waals surface area contributed by atoms with Crippen molar-refractivity contribution in [3.63, 3.8) is 0 Å². The zero-order chi connectivity index (χ0) is 18.7. The molecule has 0 bridgehead atoms. The quantitative estimate of drug-likeness (QED) is 0.765. The molecule has 1 aliphatic rings. The molecule has 0 radical (unpaired) electrons. The fourth-order valence-corrected chi connectivity index (χ4v) is 4.94. The monoisotopic (exact) mass is 377 g/mol. The summed E-state index contributed by atoms with van der Waals surface area (Å²) in [6.07, 6.45) is 4.81. The van der Waals surface area contributed by atoms with Gasteiger partial charge in [-0.05, 0) is 50.8 Å². The Morgan fingerprint density at radius 3 is 2.69 bits per heavy atom. The van der Waals surface area contributed by atoms with Crippen molar-refractivity contribution in [3.8, 4) is 0 Å². The topological polar surface area (TPSA) is 75.4 Å². The van der Waals surface area contributed by atoms with Crippen LogP contribution in [0.1, 0.15) is 55.8 Å². The number of carboxylic acid groups (broad SMARTS) is 1. The largest absolute Gasteiger partial charge is 0.481 e. The lowest BCUT2D eigenvalue weighted by Crippen LogP contribution is -2.31. The van der Waals surface area contributed by atoms with Gasteiger partial charge in [0, 0.05) is 17.8 Å². The van der Waals surface area contributed by atoms with Crippen LogP contribution in [0.5, 0.6) is 0 Å². The summed E-state index contributed by atoms with van der Waals surface area (Å²) in [5.74, 6) is -0.0690. The molecule has 2 aromatic rings. The van der Waals surface area contributed by atoms with E-state index in [2.05, 4.69) is 18.7 Å². The molecule has 1 N–H and O–H groups in total. The van der Waals surface area contributed by atoms with Crippen molar-refractivity contribution in [3.05, 3.63) is 26.6 Å². The summed E-state index contributed by atoms with van der Waals surface area (Å²) < 4.78 is 1.73. The Morgan fingerprint density at radius 1 is 1.27 bits per heavy atom. The minimum Gasteiger partial charge on any atom is -0.481 e. The van der Waals surface area contributed by atoms with E-state index in [1.54, 1.807) is 15.9 Å². The Labute approximate surface area is 157 Å². The molecular weight excluding hydrogens is 350 g/mol. The number of rotatable bonds is 8. The van der Waals surface area contributed by atoms with Crippen LogP contribution in [0.4, 0.5) is 0 Å². The number of aryl methyl sites for hydroxylation is 2. The van der Waals surface area contributed by atoms with Crippen molar-refractivity contribution in [2.24, 2.45) is 0 Å². The maximum Gasteiger partial charge on any atom is 0.303 e. The SMILES string of the molecule is CCN(CC)Cc1nc2sc3c(c2c(=O)n1CCCC(=O)O)CCCC3. The number of carboxylic acids is 1. The minimum absolute atomic E-state index is 0.0157. The van der Waals surface area contributed by atoms with Crippen molar-refractivity contribution in [1.29, 1.82) is 0 Å². The maximum atomic E-state index is 13.3. The minimum atomic E-state index is -0.828. The first-order valence-corrected chi connectivity index (χ1v) is 10.3. The van der Waals surface area contributed by atoms with E-state index in [4.69, 9.17) is 10.1 Å². The highest BCUT2D eigenvalue weighted by Gasteiger charge is 2.22. The van der Waals surface area contributed by atoms with Gasteiger partial charge in [0.2, 0.25) is 0 Å². The van der Waals surface area contributed by atoms with Crippen molar-refractivity contribution in [1.82, 2.24) is 14.5 Å². The molecule has 6 nitrogen and oxygen atoms in total. The molecule has 2 aromatic heterocycles. The number of aromatic nitrogens is 2. The number of thiophene rings is 1. The molecule has 0 unspecified atom stereocenters. The van der Waals surface area contributed by atoms with Gasteiger partial charge in [0.05, 0.1) is 11.9 Å². The molecule has 142 valence electrons. The van der Waals surface area contributed by atoms with Crippen LogP contribution < -0.4 is 5.56 Å². The molecule has 0 spiro atoms. The Bertz CT molecular complexity index is 852. The second-order valence-corrected chi connectivity index (χ2v) is 7.92. The molecule has 0 fully saturated rings. The van der Waals surface area contributed by atoms with Gasteiger partial charge in [-0.2, -0.15) is 0 Å². The molecule has 0 amide bonds. The van der Waals surface area contributed by atoms with Gasteiger partial charge in [-0.1, -0.05) is 13.8 Å². The number of hydrogen-bond donors (Lipinski definition) is 1. The third-order valence-corrected chi connectivity index (χ3v) is 6.37. The van der Waals surface area contributed by atoms with Gasteiger partial charge >= 0.3 is 5.97 Å². The van der Waals surface area contributed by atoms with E-state index >= 15 is 0 Å². The number of carbonyl (C=O) groups is 1. The highest BCUT2D eigenvalue weighted by atomic mass is 32.1. The summed E-state index contributed by atoms with van der Waals surface area (Å²) >= 11 is 1.67. The summed E-state index contributed by atoms with van der Waals surface area (Å²) in [6, 6.07) is 0. The molecule has 1 aliphatic carbocycles. The smallest absolute Gasteiger partial charge is 0.303 e. The predicted molar refractivity (Wildman–Crippen MR) is 104 cm³/mol. The van der Waals surface area contributed by atoms with Crippen LogP contribution in [-0.4, -0.2) is 38.6 Å². The van der Waals surface area contributed by atoms with Crippen LogP contribution in [0.15, 0.2) is 4.79 Å². The lowest BCUT2D eigenvalue weighted by atomic mass is 9.97. The van der Waals surface area contributed by atoms with Gasteiger partial charge in [0.25, 0.3) is 5.56 Å². The average Bonchev–Trinajstić information content (AvgIpc) is 3.00. The molecule has 0 saturated carbocycles. The second-order valence-electron chi connectivity index (χ2n) is 6.83. The summed E-state index contributed by atoms with van der Waals surface area (Å²) in [5.41, 5.74) is 1.21. The van der Waals surface area contributed by atoms with E-state index < -0.39 is 5.97 Å². The Kier molecular flexibility index (Phi) is 6.09. The van der Waals surface area contributed by atoms with Crippen LogP contribution in [0.25, 0.3) is 10.2 Å². The van der Waals surface area contributed by atoms with Crippen LogP contribution in [0.3, 0.4) is 0 Å². The zero-order valence-corrected chi connectivity index (χ0v) is 16.4. The van der Waals surface area contributed by atoms with E-state index in [-0.39, 0.29) is 12.0 Å². The number of hydrogen-bond acceptors (Lipinski definition) is 5. The lowest BCUT2D eigenvalue weighted by Gasteiger charge is -2.20. The van der Waals surface area contributed by atoms with E-state index in [1.165, 1.54) is 16.9 Å². The second kappa shape index (κ2) is 8.31. The molecule has 0 aliphatic heterocycles. The molecule has 3 rings (SSSR count). The first-order valence-electron chi connectivity index (χ1n) is 9.53. The zero-order valence-electron chi connectivity index (χ0n) is 15.6. The first kappa shape index (κ1) is 19.0. The average molecular weight is 378 g/mol. The van der Waals surface area contributed by atoms with Crippen molar-refractivity contribution < 1.29 is 9.90 Å². The van der Waals surface area contributed by atoms with E-state index in [0.29, 0.717) is 19.5 Å². The summed E-state index contributed by atoms with van der Waals surface area (Å²) in [5, 5.41) is 9.72. The molecular formula is C19H27N3O3S. The molecule has 7 heteroatoms. The van der Waals surface area contributed by atoms with Gasteiger partial charge in [-0.25, -0.2) is 4.98 Å². The third-order valence-electron chi connectivity index (χ3n) is 5.19. The Balaban J connectivity index is 2.06. The van der Waals surface area contributed by atoms with Crippen molar-refractivity contribution in [2.45, 2.75) is 65.5 Å². The van der Waals surface area contributed by atoms with Crippen LogP contribution in [0, 0.1) is 0 Å². The number of aliphatic carboxylic acids is 1. The summed E-state index contributed by atoms with van der Waals surface area (Å²) in [6.45, 7) is 7.00. The van der Waals surface area contributed by atoms with E-state index in [1.807, 2.05) is 0 Å². The van der Waals surface area contributed by atoms with Crippen LogP contribution in [-0.2, 0) is 30.7 Å². The van der Waals surface area contributed by atoms with E-state index in [0.717, 1.165) is 48.4 Å². The highest BCUT2D eigenvalue weighted by Crippen LogP contribution is 2.33. The van der Waals surface area contributed by atoms with Gasteiger partial charge in [-0.15, -0.1) is 11.3 Å². The highest BCUT2D eigenvalue weighted by molar-refractivity contribution is 7.18. The Morgan fingerprint density at radius 2 is 2.00 bits per heavy atom. The van der Waals surface area contributed by atoms with Gasteiger partial charge in [0.15, 0.2) is 0 Å². The third kappa shape index (κ3) is 3.83. The molecule has 2 heterocycles. The number of fused-ring (bicyclic) bond motifs is 3. The standard InChI is InChI=1S/C19H27N3O3S/c1-3-21(4-2)12-15-20-18-17(13-8-5-6-9-14(13)26-18)19(25)22(15)11-7-10-16(23)24/h3-12H2,1-2H3,(H,23,24). The molecule has 26 heavy (non-hydrogen) atoms. The van der Waals surface area contributed by atoms with Gasteiger partial charge in [-0.3, -0.25) is 19.1 Å². The normalized spacial score (nSPS) is 14.1. The number of nitrogens with zero attached hydrogens (tertiary/aromatic N) is 3. The molecule has 0 saturated heterocycles. The fourth-order valence-electron chi connectivity index (χ4n) is 3.67. The Hall–Kier alpha value is -1.73. The first-order chi connectivity index (χ1) is 12.5. The van der Waals surface area contributed by atoms with E-state index in [9.17, 15) is 9.59 Å². The lowest BCUT2D eigenvalue weighted by molar-refractivity contribution is -0.137. The van der Waals surface area contributed by atoms with Crippen LogP contribution in [0.2, 0.25) is 0 Å². The van der Waals surface area contributed by atoms with Crippen molar-refractivity contribution >= 4 is 27.5 Å². The molecule has 0 atom stereocenters. The van der Waals surface area contributed by atoms with Gasteiger partial charge in [0.1, 0.15) is 10.7 Å². The van der Waals surface area contributed by atoms with Crippen LogP contribution >= 0.6 is 11.3 Å². The van der Waals surface area contributed by atoms with Crippen molar-refractivity contribution in [2.75, 3.05) is 13.1 Å². The van der Waals surface area contributed by atoms with Gasteiger partial charge < -0.3 is 5.11 Å².